The van der Waals surface area contributed by atoms with Gasteiger partial charge in [0.1, 0.15) is 0 Å². The molecular weight excluding hydrogens is 414 g/mol. The molecule has 0 amide bonds. The number of nitriles is 1. The zero-order valence-electron chi connectivity index (χ0n) is 18.7. The highest BCUT2D eigenvalue weighted by Crippen LogP contribution is 2.37. The van der Waals surface area contributed by atoms with Gasteiger partial charge < -0.3 is 4.57 Å². The van der Waals surface area contributed by atoms with E-state index in [-0.39, 0.29) is 0 Å². The average molecular weight is 436 g/mol. The fraction of sp³-hybridized carbons (Fsp3) is 0.0323. The molecule has 0 aliphatic rings. The molecule has 6 aromatic rings. The van der Waals surface area contributed by atoms with Crippen LogP contribution in [0.15, 0.2) is 109 Å². The molecule has 3 nitrogen and oxygen atoms in total. The summed E-state index contributed by atoms with van der Waals surface area (Å²) in [5.74, 6) is 0. The van der Waals surface area contributed by atoms with Crippen LogP contribution in [0.2, 0.25) is 0 Å². The lowest BCUT2D eigenvalue weighted by molar-refractivity contribution is 1.15. The molecule has 34 heavy (non-hydrogen) atoms. The lowest BCUT2D eigenvalue weighted by atomic mass is 9.97. The third-order valence-corrected chi connectivity index (χ3v) is 6.47. The van der Waals surface area contributed by atoms with E-state index in [1.165, 1.54) is 21.9 Å². The molecule has 0 aliphatic carbocycles. The molecule has 4 aromatic carbocycles. The summed E-state index contributed by atoms with van der Waals surface area (Å²) in [5.41, 5.74) is 9.40. The maximum Gasteiger partial charge on any atom is 0.0998 e. The second kappa shape index (κ2) is 8.03. The highest BCUT2D eigenvalue weighted by Gasteiger charge is 2.17. The van der Waals surface area contributed by atoms with Crippen molar-refractivity contribution in [1.82, 2.24) is 9.55 Å². The topological polar surface area (TPSA) is 41.6 Å². The van der Waals surface area contributed by atoms with Gasteiger partial charge in [-0.25, -0.2) is 0 Å². The fourth-order valence-corrected chi connectivity index (χ4v) is 4.84. The first-order valence-corrected chi connectivity index (χ1v) is 11.3. The minimum absolute atomic E-state index is 0.666. The van der Waals surface area contributed by atoms with Crippen LogP contribution >= 0.6 is 0 Å². The Kier molecular flexibility index (Phi) is 4.71. The number of pyridine rings is 1. The summed E-state index contributed by atoms with van der Waals surface area (Å²) in [4.78, 5) is 4.14. The van der Waals surface area contributed by atoms with E-state index in [0.29, 0.717) is 5.56 Å². The number of aromatic nitrogens is 2. The largest absolute Gasteiger partial charge is 0.309 e. The van der Waals surface area contributed by atoms with E-state index < -0.39 is 0 Å². The molecular formula is C31H21N3. The monoisotopic (exact) mass is 435 g/mol. The van der Waals surface area contributed by atoms with Crippen molar-refractivity contribution >= 4 is 21.8 Å². The summed E-state index contributed by atoms with van der Waals surface area (Å²) < 4.78 is 2.32. The molecule has 3 heteroatoms. The summed E-state index contributed by atoms with van der Waals surface area (Å²) in [6.45, 7) is 2.07. The van der Waals surface area contributed by atoms with E-state index in [2.05, 4.69) is 95.3 Å². The Morgan fingerprint density at radius 2 is 1.41 bits per heavy atom. The molecule has 6 rings (SSSR count). The van der Waals surface area contributed by atoms with Crippen LogP contribution < -0.4 is 0 Å². The smallest absolute Gasteiger partial charge is 0.0998 e. The SMILES string of the molecule is Cc1cc(C#N)c(-c2ccncc2)cc1-n1c2ccccc2c2cc(-c3ccccc3)ccc21. The van der Waals surface area contributed by atoms with Gasteiger partial charge in [0, 0.05) is 34.4 Å². The van der Waals surface area contributed by atoms with Crippen LogP contribution in [0.25, 0.3) is 49.7 Å². The van der Waals surface area contributed by atoms with E-state index in [9.17, 15) is 5.26 Å². The Morgan fingerprint density at radius 1 is 0.676 bits per heavy atom. The highest BCUT2D eigenvalue weighted by atomic mass is 15.0. The van der Waals surface area contributed by atoms with Gasteiger partial charge in [0.2, 0.25) is 0 Å². The molecule has 160 valence electrons. The maximum atomic E-state index is 9.84. The van der Waals surface area contributed by atoms with E-state index >= 15 is 0 Å². The summed E-state index contributed by atoms with van der Waals surface area (Å²) in [7, 11) is 0. The standard InChI is InChI=1S/C31H21N3/c1-21-17-25(20-32)27(23-13-15-33-16-14-23)19-31(21)34-29-10-6-5-9-26(29)28-18-24(11-12-30(28)34)22-7-3-2-4-8-22/h2-19H,1H3. The van der Waals surface area contributed by atoms with Gasteiger partial charge in [-0.15, -0.1) is 0 Å². The summed E-state index contributed by atoms with van der Waals surface area (Å²) in [5, 5.41) is 12.3. The van der Waals surface area contributed by atoms with Gasteiger partial charge in [-0.2, -0.15) is 5.26 Å². The number of rotatable bonds is 3. The Balaban J connectivity index is 1.66. The minimum atomic E-state index is 0.666. The van der Waals surface area contributed by atoms with Crippen molar-refractivity contribution in [3.8, 4) is 34.0 Å². The van der Waals surface area contributed by atoms with Crippen LogP contribution in [-0.4, -0.2) is 9.55 Å². The predicted octanol–water partition coefficient (Wildman–Crippen LogP) is 7.69. The number of fused-ring (bicyclic) bond motifs is 3. The van der Waals surface area contributed by atoms with E-state index in [1.54, 1.807) is 12.4 Å². The van der Waals surface area contributed by atoms with E-state index in [4.69, 9.17) is 0 Å². The molecule has 0 aliphatic heterocycles. The number of benzene rings is 4. The van der Waals surface area contributed by atoms with Crippen LogP contribution in [0.4, 0.5) is 0 Å². The first-order valence-electron chi connectivity index (χ1n) is 11.3. The third-order valence-electron chi connectivity index (χ3n) is 6.47. The molecule has 0 fully saturated rings. The Hall–Kier alpha value is -4.68. The molecule has 2 aromatic heterocycles. The predicted molar refractivity (Wildman–Crippen MR) is 139 cm³/mol. The van der Waals surface area contributed by atoms with Crippen LogP contribution in [0, 0.1) is 18.3 Å². The van der Waals surface area contributed by atoms with Gasteiger partial charge in [0.15, 0.2) is 0 Å². The molecule has 0 spiro atoms. The van der Waals surface area contributed by atoms with Gasteiger partial charge in [-0.05, 0) is 71.6 Å². The lowest BCUT2D eigenvalue weighted by Crippen LogP contribution is -1.99. The summed E-state index contributed by atoms with van der Waals surface area (Å²) in [6.07, 6.45) is 3.53. The average Bonchev–Trinajstić information content (AvgIpc) is 3.23. The first kappa shape index (κ1) is 20.0. The number of hydrogen-bond acceptors (Lipinski definition) is 2. The van der Waals surface area contributed by atoms with Crippen LogP contribution in [-0.2, 0) is 0 Å². The zero-order chi connectivity index (χ0) is 23.1. The number of aryl methyl sites for hydroxylation is 1. The van der Waals surface area contributed by atoms with Crippen molar-refractivity contribution in [3.63, 3.8) is 0 Å². The Labute approximate surface area is 198 Å². The zero-order valence-corrected chi connectivity index (χ0v) is 18.7. The minimum Gasteiger partial charge on any atom is -0.309 e. The van der Waals surface area contributed by atoms with Crippen molar-refractivity contribution in [2.24, 2.45) is 0 Å². The van der Waals surface area contributed by atoms with Crippen molar-refractivity contribution in [2.75, 3.05) is 0 Å². The third kappa shape index (κ3) is 3.17. The van der Waals surface area contributed by atoms with Crippen LogP contribution in [0.3, 0.4) is 0 Å². The second-order valence-electron chi connectivity index (χ2n) is 8.48. The molecule has 0 N–H and O–H groups in total. The lowest BCUT2D eigenvalue weighted by Gasteiger charge is -2.15. The van der Waals surface area contributed by atoms with Crippen molar-refractivity contribution in [2.45, 2.75) is 6.92 Å². The normalized spacial score (nSPS) is 11.1. The number of para-hydroxylation sites is 1. The molecule has 0 bridgehead atoms. The molecule has 0 unspecified atom stereocenters. The van der Waals surface area contributed by atoms with Crippen molar-refractivity contribution < 1.29 is 0 Å². The molecule has 0 atom stereocenters. The second-order valence-corrected chi connectivity index (χ2v) is 8.48. The molecule has 0 radical (unpaired) electrons. The fourth-order valence-electron chi connectivity index (χ4n) is 4.84. The maximum absolute atomic E-state index is 9.84. The van der Waals surface area contributed by atoms with Crippen LogP contribution in [0.1, 0.15) is 11.1 Å². The van der Waals surface area contributed by atoms with Gasteiger partial charge in [0.05, 0.1) is 22.7 Å². The Bertz CT molecular complexity index is 1710. The van der Waals surface area contributed by atoms with E-state index in [0.717, 1.165) is 33.4 Å². The molecule has 2 heterocycles. The van der Waals surface area contributed by atoms with Gasteiger partial charge >= 0.3 is 0 Å². The summed E-state index contributed by atoms with van der Waals surface area (Å²) in [6, 6.07) is 36.1. The van der Waals surface area contributed by atoms with Gasteiger partial charge in [0.25, 0.3) is 0 Å². The first-order chi connectivity index (χ1) is 16.7. The van der Waals surface area contributed by atoms with Gasteiger partial charge in [-0.3, -0.25) is 4.98 Å². The number of hydrogen-bond donors (Lipinski definition) is 0. The highest BCUT2D eigenvalue weighted by molar-refractivity contribution is 6.10. The van der Waals surface area contributed by atoms with E-state index in [1.807, 2.05) is 24.3 Å². The quantitative estimate of drug-likeness (QED) is 0.286. The van der Waals surface area contributed by atoms with Crippen molar-refractivity contribution in [3.05, 3.63) is 121 Å². The molecule has 0 saturated carbocycles. The Morgan fingerprint density at radius 3 is 2.21 bits per heavy atom. The van der Waals surface area contributed by atoms with Crippen molar-refractivity contribution in [1.29, 1.82) is 5.26 Å². The van der Waals surface area contributed by atoms with Gasteiger partial charge in [-0.1, -0.05) is 54.6 Å². The number of nitrogens with zero attached hydrogens (tertiary/aromatic N) is 3. The van der Waals surface area contributed by atoms with Crippen LogP contribution in [0.5, 0.6) is 0 Å². The summed E-state index contributed by atoms with van der Waals surface area (Å²) >= 11 is 0. The molecule has 0 saturated heterocycles.